The molecule has 0 atom stereocenters. The maximum atomic E-state index is 13.6. The van der Waals surface area contributed by atoms with Crippen LogP contribution in [-0.4, -0.2) is 30.1 Å². The van der Waals surface area contributed by atoms with Crippen molar-refractivity contribution in [3.63, 3.8) is 0 Å². The Hall–Kier alpha value is -3.72. The van der Waals surface area contributed by atoms with E-state index in [9.17, 15) is 23.2 Å². The number of rotatable bonds is 9. The van der Waals surface area contributed by atoms with Gasteiger partial charge in [-0.05, 0) is 42.5 Å². The number of hydrogen-bond acceptors (Lipinski definition) is 5. The summed E-state index contributed by atoms with van der Waals surface area (Å²) in [4.78, 5) is 37.1. The SMILES string of the molecule is O=C(COC(=O)c1ccccc1SCC(=O)Nc1ccc(F)cc1)NCc1ccccc1F. The van der Waals surface area contributed by atoms with Crippen LogP contribution in [0.2, 0.25) is 0 Å². The van der Waals surface area contributed by atoms with Crippen molar-refractivity contribution in [2.24, 2.45) is 0 Å². The molecule has 33 heavy (non-hydrogen) atoms. The molecule has 2 amide bonds. The van der Waals surface area contributed by atoms with Crippen LogP contribution in [0.25, 0.3) is 0 Å². The minimum Gasteiger partial charge on any atom is -0.452 e. The van der Waals surface area contributed by atoms with Crippen molar-refractivity contribution in [1.82, 2.24) is 5.32 Å². The number of halogens is 2. The van der Waals surface area contributed by atoms with Gasteiger partial charge in [-0.2, -0.15) is 0 Å². The summed E-state index contributed by atoms with van der Waals surface area (Å²) in [7, 11) is 0. The lowest BCUT2D eigenvalue weighted by molar-refractivity contribution is -0.124. The molecule has 0 aliphatic carbocycles. The molecule has 0 unspecified atom stereocenters. The standard InChI is InChI=1S/C24H20F2N2O4S/c25-17-9-11-18(12-10-17)28-23(30)15-33-21-8-4-2-6-19(21)24(31)32-14-22(29)27-13-16-5-1-3-7-20(16)26/h1-12H,13-15H2,(H,27,29)(H,28,30). The van der Waals surface area contributed by atoms with Crippen LogP contribution in [0.5, 0.6) is 0 Å². The smallest absolute Gasteiger partial charge is 0.339 e. The van der Waals surface area contributed by atoms with Gasteiger partial charge in [0, 0.05) is 22.7 Å². The molecule has 6 nitrogen and oxygen atoms in total. The molecule has 0 bridgehead atoms. The molecule has 9 heteroatoms. The van der Waals surface area contributed by atoms with E-state index in [-0.39, 0.29) is 23.8 Å². The Morgan fingerprint density at radius 1 is 0.848 bits per heavy atom. The van der Waals surface area contributed by atoms with Crippen molar-refractivity contribution in [2.75, 3.05) is 17.7 Å². The first-order valence-electron chi connectivity index (χ1n) is 9.87. The van der Waals surface area contributed by atoms with Gasteiger partial charge in [0.05, 0.1) is 11.3 Å². The lowest BCUT2D eigenvalue weighted by Crippen LogP contribution is -2.28. The van der Waals surface area contributed by atoms with Crippen molar-refractivity contribution in [1.29, 1.82) is 0 Å². The Labute approximate surface area is 193 Å². The number of benzene rings is 3. The third kappa shape index (κ3) is 7.43. The maximum Gasteiger partial charge on any atom is 0.339 e. The molecule has 0 saturated carbocycles. The second-order valence-corrected chi connectivity index (χ2v) is 7.80. The summed E-state index contributed by atoms with van der Waals surface area (Å²) < 4.78 is 31.6. The number of nitrogens with one attached hydrogen (secondary N) is 2. The molecule has 0 spiro atoms. The van der Waals surface area contributed by atoms with Crippen LogP contribution in [0.4, 0.5) is 14.5 Å². The minimum atomic E-state index is -0.724. The third-order valence-corrected chi connectivity index (χ3v) is 5.44. The second kappa shape index (κ2) is 11.8. The zero-order chi connectivity index (χ0) is 23.6. The fraction of sp³-hybridized carbons (Fsp3) is 0.125. The molecule has 0 saturated heterocycles. The van der Waals surface area contributed by atoms with Gasteiger partial charge in [-0.15, -0.1) is 11.8 Å². The number of amides is 2. The molecule has 3 rings (SSSR count). The van der Waals surface area contributed by atoms with E-state index in [0.29, 0.717) is 16.1 Å². The van der Waals surface area contributed by atoms with Crippen molar-refractivity contribution >= 4 is 35.2 Å². The molecule has 0 fully saturated rings. The third-order valence-electron chi connectivity index (χ3n) is 4.36. The van der Waals surface area contributed by atoms with Crippen molar-refractivity contribution in [3.8, 4) is 0 Å². The van der Waals surface area contributed by atoms with Gasteiger partial charge in [-0.3, -0.25) is 9.59 Å². The van der Waals surface area contributed by atoms with Gasteiger partial charge in [0.15, 0.2) is 6.61 Å². The highest BCUT2D eigenvalue weighted by Gasteiger charge is 2.16. The highest BCUT2D eigenvalue weighted by molar-refractivity contribution is 8.00. The lowest BCUT2D eigenvalue weighted by Gasteiger charge is -2.10. The molecule has 2 N–H and O–H groups in total. The zero-order valence-electron chi connectivity index (χ0n) is 17.3. The number of carbonyl (C=O) groups is 3. The van der Waals surface area contributed by atoms with Gasteiger partial charge < -0.3 is 15.4 Å². The van der Waals surface area contributed by atoms with Crippen LogP contribution in [0.15, 0.2) is 77.7 Å². The first-order chi connectivity index (χ1) is 15.9. The van der Waals surface area contributed by atoms with E-state index in [4.69, 9.17) is 4.74 Å². The predicted octanol–water partition coefficient (Wildman–Crippen LogP) is 4.17. The van der Waals surface area contributed by atoms with Crippen LogP contribution in [0.1, 0.15) is 15.9 Å². The zero-order valence-corrected chi connectivity index (χ0v) is 18.2. The highest BCUT2D eigenvalue weighted by atomic mass is 32.2. The molecule has 170 valence electrons. The Morgan fingerprint density at radius 3 is 2.30 bits per heavy atom. The van der Waals surface area contributed by atoms with Gasteiger partial charge in [0.2, 0.25) is 5.91 Å². The number of carbonyl (C=O) groups excluding carboxylic acids is 3. The van der Waals surface area contributed by atoms with E-state index in [1.165, 1.54) is 36.4 Å². The van der Waals surface area contributed by atoms with E-state index < -0.39 is 30.1 Å². The molecule has 0 heterocycles. The van der Waals surface area contributed by atoms with Crippen molar-refractivity contribution in [2.45, 2.75) is 11.4 Å². The summed E-state index contributed by atoms with van der Waals surface area (Å²) in [6.07, 6.45) is 0. The molecule has 0 aliphatic heterocycles. The average molecular weight is 470 g/mol. The van der Waals surface area contributed by atoms with Gasteiger partial charge >= 0.3 is 5.97 Å². The number of ether oxygens (including phenoxy) is 1. The number of esters is 1. The lowest BCUT2D eigenvalue weighted by atomic mass is 10.2. The molecule has 0 radical (unpaired) electrons. The molecule has 3 aromatic rings. The fourth-order valence-corrected chi connectivity index (χ4v) is 3.57. The normalized spacial score (nSPS) is 10.4. The van der Waals surface area contributed by atoms with E-state index in [2.05, 4.69) is 10.6 Å². The van der Waals surface area contributed by atoms with Gasteiger partial charge in [-0.1, -0.05) is 30.3 Å². The molecular formula is C24H20F2N2O4S. The van der Waals surface area contributed by atoms with Crippen molar-refractivity contribution in [3.05, 3.63) is 95.6 Å². The van der Waals surface area contributed by atoms with E-state index in [1.54, 1.807) is 36.4 Å². The predicted molar refractivity (Wildman–Crippen MR) is 121 cm³/mol. The molecule has 3 aromatic carbocycles. The first-order valence-corrected chi connectivity index (χ1v) is 10.9. The summed E-state index contributed by atoms with van der Waals surface area (Å²) >= 11 is 1.12. The molecule has 0 aliphatic rings. The summed E-state index contributed by atoms with van der Waals surface area (Å²) in [5, 5.41) is 5.13. The number of hydrogen-bond donors (Lipinski definition) is 2. The maximum absolute atomic E-state index is 13.6. The second-order valence-electron chi connectivity index (χ2n) is 6.78. The van der Waals surface area contributed by atoms with Crippen LogP contribution in [-0.2, 0) is 20.9 Å². The Bertz CT molecular complexity index is 1140. The van der Waals surface area contributed by atoms with Crippen LogP contribution >= 0.6 is 11.8 Å². The fourth-order valence-electron chi connectivity index (χ4n) is 2.73. The largest absolute Gasteiger partial charge is 0.452 e. The van der Waals surface area contributed by atoms with Gasteiger partial charge in [0.1, 0.15) is 11.6 Å². The van der Waals surface area contributed by atoms with Crippen molar-refractivity contribution < 1.29 is 27.9 Å². The first kappa shape index (κ1) is 23.9. The minimum absolute atomic E-state index is 0.00476. The molecular weight excluding hydrogens is 450 g/mol. The molecule has 0 aromatic heterocycles. The Balaban J connectivity index is 1.49. The summed E-state index contributed by atoms with van der Waals surface area (Å²) in [5.74, 6) is -2.47. The summed E-state index contributed by atoms with van der Waals surface area (Å²) in [5.41, 5.74) is 0.980. The van der Waals surface area contributed by atoms with E-state index in [0.717, 1.165) is 11.8 Å². The summed E-state index contributed by atoms with van der Waals surface area (Å²) in [6.45, 7) is -0.560. The Kier molecular flexibility index (Phi) is 8.54. The summed E-state index contributed by atoms with van der Waals surface area (Å²) in [6, 6.07) is 17.9. The van der Waals surface area contributed by atoms with Gasteiger partial charge in [0.25, 0.3) is 5.91 Å². The number of anilines is 1. The van der Waals surface area contributed by atoms with E-state index in [1.807, 2.05) is 0 Å². The van der Waals surface area contributed by atoms with Gasteiger partial charge in [-0.25, -0.2) is 13.6 Å². The Morgan fingerprint density at radius 2 is 1.55 bits per heavy atom. The van der Waals surface area contributed by atoms with E-state index >= 15 is 0 Å². The van der Waals surface area contributed by atoms with Crippen LogP contribution in [0, 0.1) is 11.6 Å². The number of thioether (sulfide) groups is 1. The average Bonchev–Trinajstić information content (AvgIpc) is 2.82. The quantitative estimate of drug-likeness (QED) is 0.362. The monoisotopic (exact) mass is 470 g/mol. The van der Waals surface area contributed by atoms with Crippen LogP contribution < -0.4 is 10.6 Å². The van der Waals surface area contributed by atoms with Crippen LogP contribution in [0.3, 0.4) is 0 Å². The highest BCUT2D eigenvalue weighted by Crippen LogP contribution is 2.23. The topological polar surface area (TPSA) is 84.5 Å².